The molecule has 1 aromatic heterocycles. The zero-order chi connectivity index (χ0) is 21.9. The maximum atomic E-state index is 12.8. The first-order valence-corrected chi connectivity index (χ1v) is 11.6. The molecule has 1 N–H and O–H groups in total. The van der Waals surface area contributed by atoms with Gasteiger partial charge in [0.15, 0.2) is 11.5 Å². The molecule has 3 aromatic rings. The minimum absolute atomic E-state index is 0.0976. The van der Waals surface area contributed by atoms with Crippen molar-refractivity contribution >= 4 is 17.2 Å². The van der Waals surface area contributed by atoms with Crippen molar-refractivity contribution in [1.29, 1.82) is 0 Å². The smallest absolute Gasteiger partial charge is 0.261 e. The first-order valence-electron chi connectivity index (χ1n) is 10.8. The first kappa shape index (κ1) is 20.8. The molecule has 0 spiro atoms. The van der Waals surface area contributed by atoms with Crippen molar-refractivity contribution in [3.05, 3.63) is 64.5 Å². The second kappa shape index (κ2) is 9.22. The molecule has 7 heteroatoms. The fourth-order valence-electron chi connectivity index (χ4n) is 3.98. The lowest BCUT2D eigenvalue weighted by atomic mass is 10.1. The van der Waals surface area contributed by atoms with E-state index < -0.39 is 0 Å². The summed E-state index contributed by atoms with van der Waals surface area (Å²) in [6.45, 7) is 2.20. The average Bonchev–Trinajstić information content (AvgIpc) is 3.51. The predicted octanol–water partition coefficient (Wildman–Crippen LogP) is 4.80. The van der Waals surface area contributed by atoms with E-state index in [9.17, 15) is 4.79 Å². The van der Waals surface area contributed by atoms with Gasteiger partial charge in [0.1, 0.15) is 19.0 Å². The van der Waals surface area contributed by atoms with E-state index in [1.165, 1.54) is 11.3 Å². The number of amides is 1. The molecule has 2 aromatic carbocycles. The summed E-state index contributed by atoms with van der Waals surface area (Å²) in [4.78, 5) is 14.6. The van der Waals surface area contributed by atoms with E-state index in [2.05, 4.69) is 5.32 Å². The summed E-state index contributed by atoms with van der Waals surface area (Å²) in [6, 6.07) is 15.6. The molecule has 1 amide bonds. The second-order valence-electron chi connectivity index (χ2n) is 7.86. The van der Waals surface area contributed by atoms with Crippen LogP contribution in [-0.4, -0.2) is 32.3 Å². The van der Waals surface area contributed by atoms with Crippen molar-refractivity contribution < 1.29 is 23.7 Å². The Kier molecular flexibility index (Phi) is 6.01. The monoisotopic (exact) mass is 451 g/mol. The number of methoxy groups -OCH3 is 1. The average molecular weight is 452 g/mol. The van der Waals surface area contributed by atoms with E-state index in [0.717, 1.165) is 46.8 Å². The van der Waals surface area contributed by atoms with E-state index in [-0.39, 0.29) is 12.0 Å². The van der Waals surface area contributed by atoms with Crippen LogP contribution in [0.25, 0.3) is 10.4 Å². The van der Waals surface area contributed by atoms with Crippen LogP contribution in [0.5, 0.6) is 17.2 Å². The minimum Gasteiger partial charge on any atom is -0.493 e. The Morgan fingerprint density at radius 1 is 1.19 bits per heavy atom. The lowest BCUT2D eigenvalue weighted by Crippen LogP contribution is -2.22. The van der Waals surface area contributed by atoms with Crippen LogP contribution in [0, 0.1) is 0 Å². The van der Waals surface area contributed by atoms with E-state index in [4.69, 9.17) is 18.9 Å². The molecule has 2 aliphatic heterocycles. The summed E-state index contributed by atoms with van der Waals surface area (Å²) < 4.78 is 22.8. The van der Waals surface area contributed by atoms with Crippen LogP contribution < -0.4 is 19.5 Å². The van der Waals surface area contributed by atoms with Gasteiger partial charge in [0, 0.05) is 29.2 Å². The molecular weight excluding hydrogens is 426 g/mol. The Labute approximate surface area is 191 Å². The summed E-state index contributed by atoms with van der Waals surface area (Å²) in [5.74, 6) is 2.10. The number of rotatable bonds is 7. The molecule has 0 bridgehead atoms. The highest BCUT2D eigenvalue weighted by atomic mass is 32.1. The molecule has 0 saturated carbocycles. The molecule has 0 aliphatic carbocycles. The van der Waals surface area contributed by atoms with Crippen molar-refractivity contribution in [2.75, 3.05) is 20.3 Å². The third-order valence-corrected chi connectivity index (χ3v) is 6.89. The zero-order valence-corrected chi connectivity index (χ0v) is 18.7. The molecule has 0 radical (unpaired) electrons. The van der Waals surface area contributed by atoms with Gasteiger partial charge in [-0.25, -0.2) is 0 Å². The van der Waals surface area contributed by atoms with Gasteiger partial charge in [-0.15, -0.1) is 11.3 Å². The van der Waals surface area contributed by atoms with Crippen LogP contribution in [0.4, 0.5) is 0 Å². The number of nitrogens with one attached hydrogen (secondary N) is 1. The number of benzene rings is 2. The van der Waals surface area contributed by atoms with Crippen LogP contribution in [0.1, 0.15) is 33.6 Å². The maximum Gasteiger partial charge on any atom is 0.261 e. The van der Waals surface area contributed by atoms with Crippen molar-refractivity contribution in [3.63, 3.8) is 0 Å². The highest BCUT2D eigenvalue weighted by molar-refractivity contribution is 7.17. The number of para-hydroxylation sites is 1. The molecular formula is C25H25NO5S. The molecule has 1 fully saturated rings. The summed E-state index contributed by atoms with van der Waals surface area (Å²) >= 11 is 1.50. The number of ether oxygens (including phenoxy) is 4. The fraction of sp³-hybridized carbons (Fsp3) is 0.320. The SMILES string of the molecule is COc1cc(CNC(=O)c2cc3c(s2)-c2ccccc2OC3)ccc1OCC1CCCO1. The van der Waals surface area contributed by atoms with Crippen molar-refractivity contribution in [1.82, 2.24) is 5.32 Å². The Hall–Kier alpha value is -3.03. The Morgan fingerprint density at radius 3 is 2.94 bits per heavy atom. The molecule has 1 unspecified atom stereocenters. The predicted molar refractivity (Wildman–Crippen MR) is 123 cm³/mol. The third kappa shape index (κ3) is 4.31. The van der Waals surface area contributed by atoms with Crippen LogP contribution >= 0.6 is 11.3 Å². The van der Waals surface area contributed by atoms with Gasteiger partial charge in [0.05, 0.1) is 18.1 Å². The number of hydrogen-bond acceptors (Lipinski definition) is 6. The van der Waals surface area contributed by atoms with Crippen molar-refractivity contribution in [2.45, 2.75) is 32.1 Å². The highest BCUT2D eigenvalue weighted by Crippen LogP contribution is 2.42. The van der Waals surface area contributed by atoms with E-state index in [1.807, 2.05) is 48.5 Å². The number of fused-ring (bicyclic) bond motifs is 3. The number of thiophene rings is 1. The lowest BCUT2D eigenvalue weighted by Gasteiger charge is -2.16. The van der Waals surface area contributed by atoms with Gasteiger partial charge < -0.3 is 24.3 Å². The summed E-state index contributed by atoms with van der Waals surface area (Å²) in [5.41, 5.74) is 3.03. The third-order valence-electron chi connectivity index (χ3n) is 5.68. The molecule has 1 atom stereocenters. The normalized spacial score (nSPS) is 16.6. The van der Waals surface area contributed by atoms with Crippen LogP contribution in [-0.2, 0) is 17.9 Å². The van der Waals surface area contributed by atoms with Gasteiger partial charge >= 0.3 is 0 Å². The van der Waals surface area contributed by atoms with Crippen LogP contribution in [0.3, 0.4) is 0 Å². The Morgan fingerprint density at radius 2 is 2.09 bits per heavy atom. The molecule has 2 aliphatic rings. The van der Waals surface area contributed by atoms with Gasteiger partial charge in [-0.05, 0) is 48.7 Å². The quantitative estimate of drug-likeness (QED) is 0.559. The van der Waals surface area contributed by atoms with Crippen molar-refractivity contribution in [3.8, 4) is 27.7 Å². The van der Waals surface area contributed by atoms with E-state index in [1.54, 1.807) is 7.11 Å². The van der Waals surface area contributed by atoms with Crippen LogP contribution in [0.15, 0.2) is 48.5 Å². The van der Waals surface area contributed by atoms with Gasteiger partial charge in [0.2, 0.25) is 0 Å². The first-order chi connectivity index (χ1) is 15.7. The Balaban J connectivity index is 1.23. The second-order valence-corrected chi connectivity index (χ2v) is 8.92. The lowest BCUT2D eigenvalue weighted by molar-refractivity contribution is 0.0669. The van der Waals surface area contributed by atoms with Gasteiger partial charge in [-0.3, -0.25) is 4.79 Å². The summed E-state index contributed by atoms with van der Waals surface area (Å²) in [5, 5.41) is 3.01. The van der Waals surface area contributed by atoms with Gasteiger partial charge in [0.25, 0.3) is 5.91 Å². The van der Waals surface area contributed by atoms with E-state index >= 15 is 0 Å². The molecule has 32 heavy (non-hydrogen) atoms. The maximum absolute atomic E-state index is 12.8. The number of carbonyl (C=O) groups is 1. The molecule has 166 valence electrons. The van der Waals surface area contributed by atoms with Gasteiger partial charge in [-0.1, -0.05) is 18.2 Å². The zero-order valence-electron chi connectivity index (χ0n) is 17.9. The molecule has 1 saturated heterocycles. The molecule has 6 nitrogen and oxygen atoms in total. The minimum atomic E-state index is -0.0976. The Bertz CT molecular complexity index is 1120. The molecule has 5 rings (SSSR count). The van der Waals surface area contributed by atoms with Crippen molar-refractivity contribution in [2.24, 2.45) is 0 Å². The van der Waals surface area contributed by atoms with Crippen LogP contribution in [0.2, 0.25) is 0 Å². The molecule has 3 heterocycles. The number of hydrogen-bond donors (Lipinski definition) is 1. The van der Waals surface area contributed by atoms with E-state index in [0.29, 0.717) is 36.1 Å². The number of carbonyl (C=O) groups excluding carboxylic acids is 1. The summed E-state index contributed by atoms with van der Waals surface area (Å²) in [6.07, 6.45) is 2.25. The van der Waals surface area contributed by atoms with Gasteiger partial charge in [-0.2, -0.15) is 0 Å². The largest absolute Gasteiger partial charge is 0.493 e. The topological polar surface area (TPSA) is 66.0 Å². The summed E-state index contributed by atoms with van der Waals surface area (Å²) in [7, 11) is 1.62. The standard InChI is InChI=1S/C25H25NO5S/c1-28-22-11-16(8-9-21(22)31-15-18-5-4-10-29-18)13-26-25(27)23-12-17-14-30-20-7-3-2-6-19(20)24(17)32-23/h2-3,6-9,11-12,18H,4-5,10,13-15H2,1H3,(H,26,27). The fourth-order valence-corrected chi connectivity index (χ4v) is 5.09. The highest BCUT2D eigenvalue weighted by Gasteiger charge is 2.22.